The van der Waals surface area contributed by atoms with Crippen molar-refractivity contribution in [2.75, 3.05) is 0 Å². The van der Waals surface area contributed by atoms with Crippen LogP contribution in [0.4, 0.5) is 30.7 Å². The van der Waals surface area contributed by atoms with Gasteiger partial charge in [0.1, 0.15) is 0 Å². The number of hydrogen-bond acceptors (Lipinski definition) is 3. The fourth-order valence-electron chi connectivity index (χ4n) is 2.77. The molecule has 1 unspecified atom stereocenters. The van der Waals surface area contributed by atoms with Crippen LogP contribution in [0.3, 0.4) is 0 Å². The molecule has 0 spiro atoms. The largest absolute Gasteiger partial charge is 0.582 e. The predicted molar refractivity (Wildman–Crippen MR) is 103 cm³/mol. The summed E-state index contributed by atoms with van der Waals surface area (Å²) in [6, 6.07) is 0. The van der Waals surface area contributed by atoms with E-state index in [1.807, 2.05) is 6.92 Å². The van der Waals surface area contributed by atoms with Gasteiger partial charge in [-0.05, 0) is 48.0 Å². The first kappa shape index (κ1) is 29.6. The van der Waals surface area contributed by atoms with Crippen LogP contribution in [0.25, 0.3) is 0 Å². The number of unbranched alkanes of at least 4 members (excludes halogenated alkanes) is 3. The maximum Gasteiger partial charge on any atom is 0.582 e. The van der Waals surface area contributed by atoms with Crippen molar-refractivity contribution < 1.29 is 44.0 Å². The van der Waals surface area contributed by atoms with Gasteiger partial charge in [-0.15, -0.1) is 0 Å². The molecular weight excluding hydrogens is 437 g/mol. The Morgan fingerprint density at radius 1 is 0.700 bits per heavy atom. The molecule has 0 aliphatic rings. The van der Waals surface area contributed by atoms with Gasteiger partial charge in [0.25, 0.3) is 0 Å². The molecule has 0 aromatic carbocycles. The minimum atomic E-state index is -6.10. The fraction of sp³-hybridized carbons (Fsp3) is 1.00. The summed E-state index contributed by atoms with van der Waals surface area (Å²) in [6.45, 7) is 9.36. The second-order valence-corrected chi connectivity index (χ2v) is 10.6. The lowest BCUT2D eigenvalue weighted by molar-refractivity contribution is -0.317. The molecule has 0 bridgehead atoms. The Bertz CT molecular complexity index is 476. The molecule has 0 aliphatic heterocycles. The van der Waals surface area contributed by atoms with Gasteiger partial charge in [-0.2, -0.15) is 26.3 Å². The van der Waals surface area contributed by atoms with Gasteiger partial charge in [-0.1, -0.05) is 32.6 Å². The van der Waals surface area contributed by atoms with Gasteiger partial charge in [-0.25, -0.2) is 4.39 Å². The van der Waals surface area contributed by atoms with Crippen LogP contribution in [-0.2, 0) is 13.3 Å². The average Bonchev–Trinajstić information content (AvgIpc) is 2.55. The summed E-state index contributed by atoms with van der Waals surface area (Å²) >= 11 is 0. The van der Waals surface area contributed by atoms with Crippen LogP contribution in [0.2, 0.25) is 0 Å². The first-order chi connectivity index (χ1) is 13.5. The summed E-state index contributed by atoms with van der Waals surface area (Å²) in [6.07, 6.45) is -6.21. The summed E-state index contributed by atoms with van der Waals surface area (Å²) < 4.78 is 118. The molecule has 11 heteroatoms. The van der Waals surface area contributed by atoms with Crippen LogP contribution in [0.5, 0.6) is 0 Å². The standard InChI is InChI=1S/C19H35F7O3Si/c1-8-9-10-11-12-16(20)17(21,22)18(23,24)19(25,26)30(27-13(2)3,28-14(4)5)29-15(6)7/h13-16H,8-12H2,1-7H3. The minimum Gasteiger partial charge on any atom is -0.367 e. The topological polar surface area (TPSA) is 27.7 Å². The van der Waals surface area contributed by atoms with Crippen LogP contribution in [0.15, 0.2) is 0 Å². The SMILES string of the molecule is CCCCCCC(F)C(F)(F)C(F)(F)C(F)(F)[Si](OC(C)C)(OC(C)C)OC(C)C. The number of alkyl halides is 7. The van der Waals surface area contributed by atoms with Crippen molar-refractivity contribution in [2.45, 2.75) is 122 Å². The van der Waals surface area contributed by atoms with Gasteiger partial charge in [0.05, 0.1) is 0 Å². The second kappa shape index (κ2) is 11.5. The molecule has 0 fully saturated rings. The maximum atomic E-state index is 15.2. The zero-order valence-electron chi connectivity index (χ0n) is 18.7. The molecule has 0 amide bonds. The number of halogens is 7. The van der Waals surface area contributed by atoms with Crippen molar-refractivity contribution in [2.24, 2.45) is 0 Å². The van der Waals surface area contributed by atoms with Crippen molar-refractivity contribution in [1.82, 2.24) is 0 Å². The van der Waals surface area contributed by atoms with Crippen LogP contribution in [-0.4, -0.2) is 50.7 Å². The average molecular weight is 473 g/mol. The van der Waals surface area contributed by atoms with Crippen molar-refractivity contribution in [3.63, 3.8) is 0 Å². The van der Waals surface area contributed by atoms with E-state index in [1.165, 1.54) is 41.5 Å². The van der Waals surface area contributed by atoms with Crippen LogP contribution >= 0.6 is 0 Å². The fourth-order valence-corrected chi connectivity index (χ4v) is 5.79. The maximum absolute atomic E-state index is 15.2. The highest BCUT2D eigenvalue weighted by atomic mass is 28.4. The summed E-state index contributed by atoms with van der Waals surface area (Å²) in [7, 11) is -5.78. The van der Waals surface area contributed by atoms with Crippen molar-refractivity contribution in [1.29, 1.82) is 0 Å². The van der Waals surface area contributed by atoms with Gasteiger partial charge < -0.3 is 13.3 Å². The monoisotopic (exact) mass is 472 g/mol. The van der Waals surface area contributed by atoms with Crippen LogP contribution in [0, 0.1) is 0 Å². The molecule has 0 saturated heterocycles. The molecule has 0 N–H and O–H groups in total. The van der Waals surface area contributed by atoms with E-state index in [2.05, 4.69) is 0 Å². The Morgan fingerprint density at radius 3 is 1.43 bits per heavy atom. The molecule has 30 heavy (non-hydrogen) atoms. The minimum absolute atomic E-state index is 0.123. The summed E-state index contributed by atoms with van der Waals surface area (Å²) in [5, 5.41) is 0. The highest BCUT2D eigenvalue weighted by Crippen LogP contribution is 2.53. The van der Waals surface area contributed by atoms with E-state index in [1.54, 1.807) is 0 Å². The van der Waals surface area contributed by atoms with Crippen LogP contribution < -0.4 is 0 Å². The molecule has 0 aromatic rings. The number of hydrogen-bond donors (Lipinski definition) is 0. The van der Waals surface area contributed by atoms with E-state index in [0.29, 0.717) is 19.3 Å². The van der Waals surface area contributed by atoms with Gasteiger partial charge >= 0.3 is 26.2 Å². The molecule has 3 nitrogen and oxygen atoms in total. The first-order valence-corrected chi connectivity index (χ1v) is 12.0. The van der Waals surface area contributed by atoms with E-state index < -0.39 is 57.1 Å². The molecule has 0 rings (SSSR count). The Kier molecular flexibility index (Phi) is 11.3. The van der Waals surface area contributed by atoms with Crippen molar-refractivity contribution in [3.05, 3.63) is 0 Å². The van der Waals surface area contributed by atoms with Gasteiger partial charge in [-0.3, -0.25) is 0 Å². The van der Waals surface area contributed by atoms with E-state index in [4.69, 9.17) is 13.3 Å². The quantitative estimate of drug-likeness (QED) is 0.147. The molecule has 182 valence electrons. The molecule has 0 heterocycles. The third-order valence-electron chi connectivity index (χ3n) is 4.07. The Hall–Kier alpha value is -0.393. The lowest BCUT2D eigenvalue weighted by atomic mass is 10.0. The highest BCUT2D eigenvalue weighted by molar-refractivity contribution is 6.64. The van der Waals surface area contributed by atoms with E-state index >= 15 is 8.78 Å². The van der Waals surface area contributed by atoms with E-state index in [9.17, 15) is 22.0 Å². The van der Waals surface area contributed by atoms with E-state index in [0.717, 1.165) is 0 Å². The van der Waals surface area contributed by atoms with Crippen molar-refractivity contribution in [3.8, 4) is 0 Å². The Labute approximate surface area is 176 Å². The summed E-state index contributed by atoms with van der Waals surface area (Å²) in [4.78, 5) is 0. The van der Waals surface area contributed by atoms with Crippen molar-refractivity contribution >= 4 is 8.80 Å². The lowest BCUT2D eigenvalue weighted by Gasteiger charge is -2.43. The highest BCUT2D eigenvalue weighted by Gasteiger charge is 2.86. The zero-order valence-corrected chi connectivity index (χ0v) is 19.7. The summed E-state index contributed by atoms with van der Waals surface area (Å²) in [5.74, 6) is -11.8. The third-order valence-corrected chi connectivity index (χ3v) is 7.50. The second-order valence-electron chi connectivity index (χ2n) is 8.14. The normalized spacial score (nSPS) is 15.5. The molecular formula is C19H35F7O3Si. The molecule has 1 atom stereocenters. The van der Waals surface area contributed by atoms with Gasteiger partial charge in [0, 0.05) is 18.3 Å². The summed E-state index contributed by atoms with van der Waals surface area (Å²) in [5.41, 5.74) is -5.59. The lowest BCUT2D eigenvalue weighted by Crippen LogP contribution is -2.74. The van der Waals surface area contributed by atoms with Crippen LogP contribution in [0.1, 0.15) is 80.6 Å². The first-order valence-electron chi connectivity index (χ1n) is 10.3. The zero-order chi connectivity index (χ0) is 24.0. The van der Waals surface area contributed by atoms with Gasteiger partial charge in [0.15, 0.2) is 6.17 Å². The third kappa shape index (κ3) is 6.80. The van der Waals surface area contributed by atoms with E-state index in [-0.39, 0.29) is 6.42 Å². The molecule has 0 aliphatic carbocycles. The molecule has 0 saturated carbocycles. The smallest absolute Gasteiger partial charge is 0.367 e. The predicted octanol–water partition coefficient (Wildman–Crippen LogP) is 6.95. The van der Waals surface area contributed by atoms with Gasteiger partial charge in [0.2, 0.25) is 0 Å². The Morgan fingerprint density at radius 2 is 1.10 bits per heavy atom. The Balaban J connectivity index is 6.18. The number of rotatable bonds is 15. The molecule has 0 radical (unpaired) electrons. The molecule has 0 aromatic heterocycles.